The summed E-state index contributed by atoms with van der Waals surface area (Å²) in [5.41, 5.74) is 2.20. The number of anilines is 2. The average molecular weight is 462 g/mol. The smallest absolute Gasteiger partial charge is 0.268 e. The van der Waals surface area contributed by atoms with Crippen molar-refractivity contribution in [1.82, 2.24) is 14.8 Å². The Bertz CT molecular complexity index is 1240. The first-order chi connectivity index (χ1) is 16.1. The van der Waals surface area contributed by atoms with Crippen LogP contribution in [0.2, 0.25) is 0 Å². The van der Waals surface area contributed by atoms with Crippen LogP contribution in [0.5, 0.6) is 11.5 Å². The van der Waals surface area contributed by atoms with Gasteiger partial charge in [0.25, 0.3) is 11.9 Å². The molecule has 9 heteroatoms. The molecule has 1 aliphatic rings. The number of hydrogen-bond donors (Lipinski definition) is 2. The minimum Gasteiger partial charge on any atom is -0.497 e. The number of carbonyl (C=O) groups is 1. The molecule has 0 fully saturated rings. The van der Waals surface area contributed by atoms with Gasteiger partial charge in [0.15, 0.2) is 0 Å². The third-order valence-corrected chi connectivity index (χ3v) is 6.55. The number of benzene rings is 2. The number of fused-ring (bicyclic) bond motifs is 1. The lowest BCUT2D eigenvalue weighted by molar-refractivity contribution is 0.102. The van der Waals surface area contributed by atoms with Crippen LogP contribution in [0.4, 0.5) is 11.9 Å². The van der Waals surface area contributed by atoms with E-state index in [-0.39, 0.29) is 23.9 Å². The summed E-state index contributed by atoms with van der Waals surface area (Å²) in [6, 6.07) is 19.5. The van der Waals surface area contributed by atoms with Crippen LogP contribution in [0, 0.1) is 0 Å². The van der Waals surface area contributed by atoms with E-state index in [2.05, 4.69) is 20.7 Å². The van der Waals surface area contributed by atoms with Crippen LogP contribution in [0.25, 0.3) is 0 Å². The molecule has 3 heterocycles. The van der Waals surface area contributed by atoms with E-state index in [0.29, 0.717) is 10.8 Å². The van der Waals surface area contributed by atoms with Crippen molar-refractivity contribution < 1.29 is 14.3 Å². The molecule has 5 rings (SSSR count). The summed E-state index contributed by atoms with van der Waals surface area (Å²) in [6.45, 7) is 0. The SMILES string of the molecule is COc1ccc([C@H]2C[C@H](c3ccc(OC)cc3)Nc3nc(NC(=O)c4cccs4)nn32)cc1. The maximum absolute atomic E-state index is 12.5. The maximum atomic E-state index is 12.5. The number of carbonyl (C=O) groups excluding carboxylic acids is 1. The van der Waals surface area contributed by atoms with E-state index in [1.54, 1.807) is 20.3 Å². The van der Waals surface area contributed by atoms with E-state index in [1.165, 1.54) is 11.3 Å². The van der Waals surface area contributed by atoms with Crippen molar-refractivity contribution in [3.8, 4) is 11.5 Å². The van der Waals surface area contributed by atoms with Crippen LogP contribution in [-0.2, 0) is 0 Å². The summed E-state index contributed by atoms with van der Waals surface area (Å²) in [7, 11) is 3.30. The molecule has 2 aromatic carbocycles. The fourth-order valence-corrected chi connectivity index (χ4v) is 4.58. The second-order valence-electron chi connectivity index (χ2n) is 7.63. The largest absolute Gasteiger partial charge is 0.497 e. The third kappa shape index (κ3) is 4.27. The number of nitrogens with one attached hydrogen (secondary N) is 2. The first-order valence-corrected chi connectivity index (χ1v) is 11.4. The topological polar surface area (TPSA) is 90.3 Å². The second kappa shape index (κ2) is 8.95. The molecule has 0 radical (unpaired) electrons. The summed E-state index contributed by atoms with van der Waals surface area (Å²) in [5, 5.41) is 12.8. The van der Waals surface area contributed by atoms with Crippen molar-refractivity contribution in [2.24, 2.45) is 0 Å². The van der Waals surface area contributed by atoms with Crippen LogP contribution >= 0.6 is 11.3 Å². The molecule has 0 unspecified atom stereocenters. The highest BCUT2D eigenvalue weighted by atomic mass is 32.1. The van der Waals surface area contributed by atoms with Gasteiger partial charge >= 0.3 is 0 Å². The number of aromatic nitrogens is 3. The fourth-order valence-electron chi connectivity index (χ4n) is 3.96. The van der Waals surface area contributed by atoms with Crippen LogP contribution in [-0.4, -0.2) is 34.9 Å². The molecule has 168 valence electrons. The molecule has 0 saturated heterocycles. The molecule has 2 atom stereocenters. The molecule has 0 saturated carbocycles. The molecule has 0 bridgehead atoms. The Morgan fingerprint density at radius 1 is 1.03 bits per heavy atom. The Balaban J connectivity index is 1.48. The van der Waals surface area contributed by atoms with E-state index in [0.717, 1.165) is 29.0 Å². The molecule has 0 spiro atoms. The van der Waals surface area contributed by atoms with Crippen LogP contribution in [0.15, 0.2) is 66.0 Å². The Kier molecular flexibility index (Phi) is 5.70. The van der Waals surface area contributed by atoms with Gasteiger partial charge in [-0.2, -0.15) is 4.98 Å². The van der Waals surface area contributed by atoms with Gasteiger partial charge in [-0.3, -0.25) is 10.1 Å². The number of thiophene rings is 1. The van der Waals surface area contributed by atoms with E-state index in [1.807, 2.05) is 64.7 Å². The molecule has 8 nitrogen and oxygen atoms in total. The number of ether oxygens (including phenoxy) is 2. The van der Waals surface area contributed by atoms with Crippen LogP contribution in [0.3, 0.4) is 0 Å². The molecule has 2 N–H and O–H groups in total. The highest BCUT2D eigenvalue weighted by Gasteiger charge is 2.31. The lowest BCUT2D eigenvalue weighted by atomic mass is 9.93. The highest BCUT2D eigenvalue weighted by molar-refractivity contribution is 7.12. The molecular formula is C24H23N5O3S. The van der Waals surface area contributed by atoms with E-state index in [4.69, 9.17) is 9.47 Å². The summed E-state index contributed by atoms with van der Waals surface area (Å²) in [6.07, 6.45) is 0.757. The summed E-state index contributed by atoms with van der Waals surface area (Å²) < 4.78 is 12.5. The summed E-state index contributed by atoms with van der Waals surface area (Å²) in [4.78, 5) is 17.7. The summed E-state index contributed by atoms with van der Waals surface area (Å²) in [5.74, 6) is 2.25. The lowest BCUT2D eigenvalue weighted by Crippen LogP contribution is -2.28. The first kappa shape index (κ1) is 21.0. The minimum absolute atomic E-state index is 0.0144. The molecule has 0 aliphatic carbocycles. The zero-order chi connectivity index (χ0) is 22.8. The van der Waals surface area contributed by atoms with Gasteiger partial charge in [0.1, 0.15) is 11.5 Å². The number of rotatable bonds is 6. The van der Waals surface area contributed by atoms with Crippen molar-refractivity contribution in [2.75, 3.05) is 24.9 Å². The number of hydrogen-bond acceptors (Lipinski definition) is 7. The second-order valence-corrected chi connectivity index (χ2v) is 8.58. The van der Waals surface area contributed by atoms with E-state index >= 15 is 0 Å². The fraction of sp³-hybridized carbons (Fsp3) is 0.208. The minimum atomic E-state index is -0.222. The Morgan fingerprint density at radius 2 is 1.70 bits per heavy atom. The molecule has 4 aromatic rings. The quantitative estimate of drug-likeness (QED) is 0.430. The van der Waals surface area contributed by atoms with Crippen molar-refractivity contribution in [2.45, 2.75) is 18.5 Å². The molecule has 2 aromatic heterocycles. The zero-order valence-corrected chi connectivity index (χ0v) is 19.0. The monoisotopic (exact) mass is 461 g/mol. The van der Waals surface area contributed by atoms with Gasteiger partial charge in [0.05, 0.1) is 31.2 Å². The number of amides is 1. The summed E-state index contributed by atoms with van der Waals surface area (Å²) >= 11 is 1.37. The third-order valence-electron chi connectivity index (χ3n) is 5.68. The number of nitrogens with zero attached hydrogens (tertiary/aromatic N) is 3. The normalized spacial score (nSPS) is 17.0. The van der Waals surface area contributed by atoms with Crippen LogP contribution in [0.1, 0.15) is 39.3 Å². The zero-order valence-electron chi connectivity index (χ0n) is 18.2. The van der Waals surface area contributed by atoms with Crippen molar-refractivity contribution in [1.29, 1.82) is 0 Å². The van der Waals surface area contributed by atoms with Gasteiger partial charge in [-0.1, -0.05) is 30.3 Å². The lowest BCUT2D eigenvalue weighted by Gasteiger charge is -2.31. The van der Waals surface area contributed by atoms with Gasteiger partial charge in [0.2, 0.25) is 5.95 Å². The maximum Gasteiger partial charge on any atom is 0.268 e. The molecule has 33 heavy (non-hydrogen) atoms. The van der Waals surface area contributed by atoms with Crippen molar-refractivity contribution in [3.63, 3.8) is 0 Å². The molecule has 1 amide bonds. The standard InChI is InChI=1S/C24H23N5O3S/c1-31-17-9-5-15(6-10-17)19-14-20(16-7-11-18(32-2)12-8-16)29-24(25-19)27-23(28-29)26-22(30)21-4-3-13-33-21/h3-13,19-20H,14H2,1-2H3,(H2,25,26,27,28,30)/t19-,20-/m1/s1. The van der Waals surface area contributed by atoms with Gasteiger partial charge in [-0.15, -0.1) is 16.4 Å². The molecular weight excluding hydrogens is 438 g/mol. The van der Waals surface area contributed by atoms with Gasteiger partial charge < -0.3 is 14.8 Å². The van der Waals surface area contributed by atoms with E-state index < -0.39 is 0 Å². The average Bonchev–Trinajstić information content (AvgIpc) is 3.53. The van der Waals surface area contributed by atoms with Crippen molar-refractivity contribution in [3.05, 3.63) is 82.0 Å². The van der Waals surface area contributed by atoms with Gasteiger partial charge in [-0.25, -0.2) is 4.68 Å². The first-order valence-electron chi connectivity index (χ1n) is 10.5. The van der Waals surface area contributed by atoms with Crippen LogP contribution < -0.4 is 20.1 Å². The Labute approximate surface area is 195 Å². The van der Waals surface area contributed by atoms with E-state index in [9.17, 15) is 4.79 Å². The predicted molar refractivity (Wildman–Crippen MR) is 127 cm³/mol. The van der Waals surface area contributed by atoms with Gasteiger partial charge in [0, 0.05) is 0 Å². The Morgan fingerprint density at radius 3 is 2.30 bits per heavy atom. The van der Waals surface area contributed by atoms with Gasteiger partial charge in [-0.05, 0) is 53.3 Å². The number of methoxy groups -OCH3 is 2. The van der Waals surface area contributed by atoms with Crippen molar-refractivity contribution >= 4 is 29.1 Å². The Hall–Kier alpha value is -3.85. The highest BCUT2D eigenvalue weighted by Crippen LogP contribution is 2.39. The molecule has 1 aliphatic heterocycles. The predicted octanol–water partition coefficient (Wildman–Crippen LogP) is 4.76.